The summed E-state index contributed by atoms with van der Waals surface area (Å²) in [6.07, 6.45) is 1.70. The quantitative estimate of drug-likeness (QED) is 0.835. The second-order valence-electron chi connectivity index (χ2n) is 4.64. The number of hydrogen-bond donors (Lipinski definition) is 1. The molecule has 0 unspecified atom stereocenters. The van der Waals surface area contributed by atoms with E-state index < -0.39 is 5.60 Å². The number of ether oxygens (including phenoxy) is 2. The van der Waals surface area contributed by atoms with Crippen LogP contribution in [0.2, 0.25) is 0 Å². The van der Waals surface area contributed by atoms with E-state index in [0.717, 1.165) is 5.69 Å². The number of pyridine rings is 1. The first kappa shape index (κ1) is 12.1. The van der Waals surface area contributed by atoms with Crippen molar-refractivity contribution in [3.8, 4) is 11.5 Å². The summed E-state index contributed by atoms with van der Waals surface area (Å²) in [7, 11) is 3.21. The number of aliphatic hydroxyl groups is 1. The molecule has 1 aromatic heterocycles. The number of methoxy groups -OCH3 is 2. The second-order valence-corrected chi connectivity index (χ2v) is 4.64. The highest BCUT2D eigenvalue weighted by Gasteiger charge is 2.36. The Kier molecular flexibility index (Phi) is 3.22. The van der Waals surface area contributed by atoms with Crippen molar-refractivity contribution in [2.24, 2.45) is 0 Å². The fourth-order valence-corrected chi connectivity index (χ4v) is 2.20. The average Bonchev–Trinajstić information content (AvgIpc) is 2.26. The molecule has 94 valence electrons. The van der Waals surface area contributed by atoms with Crippen LogP contribution in [0.4, 0.5) is 0 Å². The van der Waals surface area contributed by atoms with Crippen molar-refractivity contribution >= 4 is 0 Å². The van der Waals surface area contributed by atoms with Crippen molar-refractivity contribution in [3.05, 3.63) is 18.0 Å². The Morgan fingerprint density at radius 3 is 2.65 bits per heavy atom. The first-order chi connectivity index (χ1) is 8.05. The zero-order valence-corrected chi connectivity index (χ0v) is 10.4. The molecule has 1 aliphatic heterocycles. The zero-order valence-electron chi connectivity index (χ0n) is 10.4. The van der Waals surface area contributed by atoms with Crippen LogP contribution in [0.1, 0.15) is 12.6 Å². The van der Waals surface area contributed by atoms with E-state index in [1.165, 1.54) is 0 Å². The predicted octanol–water partition coefficient (Wildman–Crippen LogP) is 0.665. The number of aromatic nitrogens is 1. The zero-order chi connectivity index (χ0) is 12.5. The summed E-state index contributed by atoms with van der Waals surface area (Å²) >= 11 is 0. The maximum absolute atomic E-state index is 9.67. The van der Waals surface area contributed by atoms with Crippen molar-refractivity contribution in [1.29, 1.82) is 0 Å². The number of likely N-dealkylation sites (tertiary alicyclic amines) is 1. The van der Waals surface area contributed by atoms with Gasteiger partial charge >= 0.3 is 0 Å². The highest BCUT2D eigenvalue weighted by molar-refractivity contribution is 5.42. The van der Waals surface area contributed by atoms with E-state index in [-0.39, 0.29) is 0 Å². The van der Waals surface area contributed by atoms with Gasteiger partial charge in [0.1, 0.15) is 5.69 Å². The molecule has 0 amide bonds. The van der Waals surface area contributed by atoms with Crippen LogP contribution in [0.3, 0.4) is 0 Å². The van der Waals surface area contributed by atoms with E-state index >= 15 is 0 Å². The summed E-state index contributed by atoms with van der Waals surface area (Å²) in [5, 5.41) is 9.67. The third kappa shape index (κ3) is 2.50. The molecule has 1 saturated heterocycles. The summed E-state index contributed by atoms with van der Waals surface area (Å²) in [6, 6.07) is 1.77. The Hall–Kier alpha value is -1.33. The van der Waals surface area contributed by atoms with Gasteiger partial charge < -0.3 is 14.6 Å². The highest BCUT2D eigenvalue weighted by atomic mass is 16.5. The second kappa shape index (κ2) is 4.50. The highest BCUT2D eigenvalue weighted by Crippen LogP contribution is 2.31. The molecule has 0 aliphatic carbocycles. The van der Waals surface area contributed by atoms with Crippen LogP contribution in [0, 0.1) is 0 Å². The Morgan fingerprint density at radius 2 is 2.12 bits per heavy atom. The lowest BCUT2D eigenvalue weighted by Crippen LogP contribution is -2.59. The molecule has 1 aromatic rings. The van der Waals surface area contributed by atoms with Crippen molar-refractivity contribution in [2.45, 2.75) is 19.1 Å². The summed E-state index contributed by atoms with van der Waals surface area (Å²) in [5.74, 6) is 1.35. The van der Waals surface area contributed by atoms with Gasteiger partial charge in [-0.05, 0) is 6.92 Å². The van der Waals surface area contributed by atoms with Crippen molar-refractivity contribution in [2.75, 3.05) is 27.3 Å². The lowest BCUT2D eigenvalue weighted by Gasteiger charge is -2.44. The van der Waals surface area contributed by atoms with Gasteiger partial charge in [-0.25, -0.2) is 0 Å². The molecule has 2 rings (SSSR count). The molecule has 5 nitrogen and oxygen atoms in total. The van der Waals surface area contributed by atoms with Crippen molar-refractivity contribution in [1.82, 2.24) is 9.88 Å². The van der Waals surface area contributed by atoms with Crippen LogP contribution in [0.5, 0.6) is 11.5 Å². The van der Waals surface area contributed by atoms with Gasteiger partial charge in [-0.3, -0.25) is 9.88 Å². The van der Waals surface area contributed by atoms with Crippen LogP contribution in [-0.4, -0.2) is 47.9 Å². The topological polar surface area (TPSA) is 54.8 Å². The smallest absolute Gasteiger partial charge is 0.183 e. The maximum atomic E-state index is 9.67. The number of nitrogens with zero attached hydrogens (tertiary/aromatic N) is 2. The van der Waals surface area contributed by atoms with Gasteiger partial charge in [0.25, 0.3) is 0 Å². The summed E-state index contributed by atoms with van der Waals surface area (Å²) < 4.78 is 10.5. The van der Waals surface area contributed by atoms with Gasteiger partial charge in [0, 0.05) is 31.9 Å². The molecule has 0 saturated carbocycles. The van der Waals surface area contributed by atoms with E-state index in [9.17, 15) is 5.11 Å². The standard InChI is InChI=1S/C12H18N2O3/c1-12(15)7-14(8-12)6-9-11(17-3)10(16-2)4-5-13-9/h4-5,15H,6-8H2,1-3H3. The van der Waals surface area contributed by atoms with Crippen LogP contribution < -0.4 is 9.47 Å². The Labute approximate surface area is 101 Å². The fraction of sp³-hybridized carbons (Fsp3) is 0.583. The monoisotopic (exact) mass is 238 g/mol. The Morgan fingerprint density at radius 1 is 1.41 bits per heavy atom. The molecule has 0 aromatic carbocycles. The Bertz CT molecular complexity index is 399. The third-order valence-electron chi connectivity index (χ3n) is 2.87. The van der Waals surface area contributed by atoms with E-state index in [2.05, 4.69) is 9.88 Å². The predicted molar refractivity (Wildman–Crippen MR) is 63.2 cm³/mol. The molecule has 1 N–H and O–H groups in total. The molecule has 5 heteroatoms. The van der Waals surface area contributed by atoms with Gasteiger partial charge in [0.05, 0.1) is 19.8 Å². The fourth-order valence-electron chi connectivity index (χ4n) is 2.20. The molecule has 0 radical (unpaired) electrons. The van der Waals surface area contributed by atoms with Crippen LogP contribution >= 0.6 is 0 Å². The first-order valence-corrected chi connectivity index (χ1v) is 5.56. The first-order valence-electron chi connectivity index (χ1n) is 5.56. The van der Waals surface area contributed by atoms with Gasteiger partial charge in [-0.1, -0.05) is 0 Å². The molecule has 1 aliphatic rings. The molecular weight excluding hydrogens is 220 g/mol. The Balaban J connectivity index is 2.11. The van der Waals surface area contributed by atoms with Crippen LogP contribution in [0.15, 0.2) is 12.3 Å². The maximum Gasteiger partial charge on any atom is 0.183 e. The van der Waals surface area contributed by atoms with E-state index in [0.29, 0.717) is 31.1 Å². The van der Waals surface area contributed by atoms with Crippen LogP contribution in [-0.2, 0) is 6.54 Å². The van der Waals surface area contributed by atoms with Gasteiger partial charge in [-0.15, -0.1) is 0 Å². The normalized spacial score (nSPS) is 18.6. The minimum absolute atomic E-state index is 0.563. The molecule has 17 heavy (non-hydrogen) atoms. The van der Waals surface area contributed by atoms with E-state index in [1.807, 2.05) is 6.92 Å². The molecule has 1 fully saturated rings. The van der Waals surface area contributed by atoms with Gasteiger partial charge in [0.2, 0.25) is 0 Å². The minimum Gasteiger partial charge on any atom is -0.493 e. The SMILES string of the molecule is COc1ccnc(CN2CC(C)(O)C2)c1OC. The molecule has 2 heterocycles. The van der Waals surface area contributed by atoms with Crippen molar-refractivity contribution < 1.29 is 14.6 Å². The molecule has 0 atom stereocenters. The third-order valence-corrected chi connectivity index (χ3v) is 2.87. The minimum atomic E-state index is -0.563. The molecule has 0 bridgehead atoms. The lowest BCUT2D eigenvalue weighted by atomic mass is 9.97. The largest absolute Gasteiger partial charge is 0.493 e. The van der Waals surface area contributed by atoms with Gasteiger partial charge in [0.15, 0.2) is 11.5 Å². The number of hydrogen-bond acceptors (Lipinski definition) is 5. The summed E-state index contributed by atoms with van der Waals surface area (Å²) in [5.41, 5.74) is 0.272. The van der Waals surface area contributed by atoms with E-state index in [1.54, 1.807) is 26.5 Å². The number of β-amino-alcohol motifs (C(OH)–C–C–N with tert-alkyl or cyclic N) is 1. The number of rotatable bonds is 4. The lowest BCUT2D eigenvalue weighted by molar-refractivity contribution is -0.0877. The van der Waals surface area contributed by atoms with E-state index in [4.69, 9.17) is 9.47 Å². The molecular formula is C12H18N2O3. The molecule has 0 spiro atoms. The summed E-state index contributed by atoms with van der Waals surface area (Å²) in [4.78, 5) is 6.41. The average molecular weight is 238 g/mol. The van der Waals surface area contributed by atoms with Crippen LogP contribution in [0.25, 0.3) is 0 Å². The van der Waals surface area contributed by atoms with Gasteiger partial charge in [-0.2, -0.15) is 0 Å². The van der Waals surface area contributed by atoms with Crippen molar-refractivity contribution in [3.63, 3.8) is 0 Å². The summed E-state index contributed by atoms with van der Waals surface area (Å²) in [6.45, 7) is 3.82.